The molecule has 1 N–H and O–H groups in total. The third-order valence-electron chi connectivity index (χ3n) is 4.50. The Bertz CT molecular complexity index is 967. The van der Waals surface area contributed by atoms with E-state index in [1.807, 2.05) is 19.2 Å². The number of rotatable bonds is 5. The van der Waals surface area contributed by atoms with Gasteiger partial charge in [0.2, 0.25) is 0 Å². The predicted molar refractivity (Wildman–Crippen MR) is 106 cm³/mol. The van der Waals surface area contributed by atoms with E-state index in [1.165, 1.54) is 10.4 Å². The molecule has 0 radical (unpaired) electrons. The highest BCUT2D eigenvalue weighted by atomic mass is 79.9. The summed E-state index contributed by atoms with van der Waals surface area (Å²) in [4.78, 5) is 1.67. The van der Waals surface area contributed by atoms with Crippen LogP contribution in [0.3, 0.4) is 0 Å². The molecule has 1 aliphatic heterocycles. The van der Waals surface area contributed by atoms with Crippen LogP contribution in [0.5, 0.6) is 0 Å². The van der Waals surface area contributed by atoms with Crippen molar-refractivity contribution in [3.05, 3.63) is 52.5 Å². The summed E-state index contributed by atoms with van der Waals surface area (Å²) in [6.45, 7) is 1.98. The smallest absolute Gasteiger partial charge is 0.367 e. The van der Waals surface area contributed by atoms with Crippen LogP contribution in [0.4, 0.5) is 24.5 Å². The molecule has 5 nitrogen and oxygen atoms in total. The molecule has 0 spiro atoms. The van der Waals surface area contributed by atoms with E-state index in [9.17, 15) is 21.6 Å². The van der Waals surface area contributed by atoms with Crippen LogP contribution in [0.1, 0.15) is 5.56 Å². The van der Waals surface area contributed by atoms with Gasteiger partial charge in [-0.2, -0.15) is 13.2 Å². The highest BCUT2D eigenvalue weighted by molar-refractivity contribution is 9.10. The molecule has 2 aromatic rings. The van der Waals surface area contributed by atoms with Crippen LogP contribution in [-0.4, -0.2) is 41.6 Å². The van der Waals surface area contributed by atoms with Crippen LogP contribution in [-0.2, 0) is 16.2 Å². The van der Waals surface area contributed by atoms with Gasteiger partial charge in [0.15, 0.2) is 0 Å². The molecule has 0 saturated carbocycles. The number of anilines is 2. The summed E-state index contributed by atoms with van der Waals surface area (Å²) in [6.07, 6.45) is -4.61. The van der Waals surface area contributed by atoms with Gasteiger partial charge in [0.05, 0.1) is 28.4 Å². The van der Waals surface area contributed by atoms with Crippen molar-refractivity contribution in [2.45, 2.75) is 11.1 Å². The van der Waals surface area contributed by atoms with Crippen molar-refractivity contribution in [2.24, 2.45) is 0 Å². The van der Waals surface area contributed by atoms with E-state index >= 15 is 0 Å². The minimum absolute atomic E-state index is 0.145. The first kappa shape index (κ1) is 20.9. The maximum Gasteiger partial charge on any atom is 0.416 e. The molecule has 0 amide bonds. The number of halogens is 4. The normalized spacial score (nSPS) is 14.9. The lowest BCUT2D eigenvalue weighted by atomic mass is 10.2. The SMILES string of the molecule is CNCCN1CCN(S(=O)(=O)c2cccc(C(F)(F)F)c2)c2cc(Br)ccc21. The van der Waals surface area contributed by atoms with Crippen LogP contribution in [0.25, 0.3) is 0 Å². The zero-order valence-corrected chi connectivity index (χ0v) is 17.4. The van der Waals surface area contributed by atoms with Gasteiger partial charge in [0, 0.05) is 24.1 Å². The van der Waals surface area contributed by atoms with Gasteiger partial charge < -0.3 is 10.2 Å². The Labute approximate surface area is 170 Å². The molecule has 1 aliphatic rings. The molecule has 0 fully saturated rings. The average molecular weight is 478 g/mol. The van der Waals surface area contributed by atoms with Crippen molar-refractivity contribution in [3.8, 4) is 0 Å². The first-order valence-corrected chi connectivity index (χ1v) is 10.8. The first-order valence-electron chi connectivity index (χ1n) is 8.53. The van der Waals surface area contributed by atoms with Crippen molar-refractivity contribution in [1.82, 2.24) is 5.32 Å². The van der Waals surface area contributed by atoms with Crippen LogP contribution in [0, 0.1) is 0 Å². The lowest BCUT2D eigenvalue weighted by Crippen LogP contribution is -2.45. The fourth-order valence-electron chi connectivity index (χ4n) is 3.10. The van der Waals surface area contributed by atoms with E-state index < -0.39 is 21.8 Å². The highest BCUT2D eigenvalue weighted by Gasteiger charge is 2.35. The Hall–Kier alpha value is -1.78. The first-order chi connectivity index (χ1) is 13.1. The summed E-state index contributed by atoms with van der Waals surface area (Å²) < 4.78 is 67.3. The summed E-state index contributed by atoms with van der Waals surface area (Å²) >= 11 is 3.35. The zero-order valence-electron chi connectivity index (χ0n) is 15.0. The van der Waals surface area contributed by atoms with E-state index in [1.54, 1.807) is 6.07 Å². The standard InChI is InChI=1S/C18H19BrF3N3O2S/c1-23-7-8-24-9-10-25(17-12-14(19)5-6-16(17)24)28(26,27)15-4-2-3-13(11-15)18(20,21)22/h2-6,11-12,23H,7-10H2,1H3. The lowest BCUT2D eigenvalue weighted by molar-refractivity contribution is -0.137. The minimum Gasteiger partial charge on any atom is -0.367 e. The molecule has 0 unspecified atom stereocenters. The van der Waals surface area contributed by atoms with Gasteiger partial charge in [0.25, 0.3) is 10.0 Å². The Morgan fingerprint density at radius 1 is 1.11 bits per heavy atom. The van der Waals surface area contributed by atoms with Gasteiger partial charge in [-0.3, -0.25) is 4.31 Å². The van der Waals surface area contributed by atoms with Gasteiger partial charge in [-0.05, 0) is 43.4 Å². The van der Waals surface area contributed by atoms with E-state index in [0.29, 0.717) is 29.3 Å². The van der Waals surface area contributed by atoms with Crippen LogP contribution < -0.4 is 14.5 Å². The maximum absolute atomic E-state index is 13.2. The third kappa shape index (κ3) is 4.13. The summed E-state index contributed by atoms with van der Waals surface area (Å²) in [5, 5.41) is 3.06. The number of hydrogen-bond donors (Lipinski definition) is 1. The highest BCUT2D eigenvalue weighted by Crippen LogP contribution is 2.39. The molecular weight excluding hydrogens is 459 g/mol. The van der Waals surface area contributed by atoms with E-state index in [4.69, 9.17) is 0 Å². The molecule has 0 saturated heterocycles. The number of hydrogen-bond acceptors (Lipinski definition) is 4. The molecular formula is C18H19BrF3N3O2S. The molecule has 152 valence electrons. The van der Waals surface area contributed by atoms with Gasteiger partial charge in [-0.15, -0.1) is 0 Å². The molecule has 3 rings (SSSR count). The Balaban J connectivity index is 2.04. The van der Waals surface area contributed by atoms with Gasteiger partial charge >= 0.3 is 6.18 Å². The van der Waals surface area contributed by atoms with E-state index in [2.05, 4.69) is 26.1 Å². The van der Waals surface area contributed by atoms with Crippen molar-refractivity contribution in [2.75, 3.05) is 42.4 Å². The second-order valence-corrected chi connectivity index (χ2v) is 9.10. The fraction of sp³-hybridized carbons (Fsp3) is 0.333. The zero-order chi connectivity index (χ0) is 20.5. The largest absolute Gasteiger partial charge is 0.416 e. The van der Waals surface area contributed by atoms with Crippen LogP contribution in [0.15, 0.2) is 51.8 Å². The van der Waals surface area contributed by atoms with Crippen molar-refractivity contribution >= 4 is 37.3 Å². The number of nitrogens with zero attached hydrogens (tertiary/aromatic N) is 2. The number of alkyl halides is 3. The Morgan fingerprint density at radius 2 is 1.86 bits per heavy atom. The quantitative estimate of drug-likeness (QED) is 0.713. The number of fused-ring (bicyclic) bond motifs is 1. The third-order valence-corrected chi connectivity index (χ3v) is 6.80. The topological polar surface area (TPSA) is 52.6 Å². The predicted octanol–water partition coefficient (Wildman–Crippen LogP) is 3.70. The second kappa shape index (κ2) is 7.92. The van der Waals surface area contributed by atoms with Gasteiger partial charge in [0.1, 0.15) is 0 Å². The molecule has 0 aromatic heterocycles. The summed E-state index contributed by atoms with van der Waals surface area (Å²) in [5.41, 5.74) is 0.171. The van der Waals surface area contributed by atoms with Crippen LogP contribution >= 0.6 is 15.9 Å². The maximum atomic E-state index is 13.2. The fourth-order valence-corrected chi connectivity index (χ4v) is 4.96. The molecule has 1 heterocycles. The van der Waals surface area contributed by atoms with E-state index in [-0.39, 0.29) is 11.4 Å². The van der Waals surface area contributed by atoms with E-state index in [0.717, 1.165) is 24.4 Å². The summed E-state index contributed by atoms with van der Waals surface area (Å²) in [6, 6.07) is 9.14. The molecule has 0 atom stereocenters. The minimum atomic E-state index is -4.61. The van der Waals surface area contributed by atoms with Gasteiger partial charge in [-0.1, -0.05) is 22.0 Å². The second-order valence-electron chi connectivity index (χ2n) is 6.33. The number of likely N-dealkylation sites (N-methyl/N-ethyl adjacent to an activating group) is 1. The number of sulfonamides is 1. The average Bonchev–Trinajstić information content (AvgIpc) is 2.65. The monoisotopic (exact) mass is 477 g/mol. The number of benzene rings is 2. The molecule has 10 heteroatoms. The lowest BCUT2D eigenvalue weighted by Gasteiger charge is -2.38. The summed E-state index contributed by atoms with van der Waals surface area (Å²) in [5.74, 6) is 0. The number of nitrogens with one attached hydrogen (secondary N) is 1. The Kier molecular flexibility index (Phi) is 5.92. The molecule has 0 aliphatic carbocycles. The molecule has 0 bridgehead atoms. The Morgan fingerprint density at radius 3 is 2.54 bits per heavy atom. The molecule has 2 aromatic carbocycles. The van der Waals surface area contributed by atoms with Crippen molar-refractivity contribution in [3.63, 3.8) is 0 Å². The van der Waals surface area contributed by atoms with Crippen LogP contribution in [0.2, 0.25) is 0 Å². The molecule has 28 heavy (non-hydrogen) atoms. The summed E-state index contributed by atoms with van der Waals surface area (Å²) in [7, 11) is -2.32. The van der Waals surface area contributed by atoms with Gasteiger partial charge in [-0.25, -0.2) is 8.42 Å². The van der Waals surface area contributed by atoms with Crippen molar-refractivity contribution in [1.29, 1.82) is 0 Å². The van der Waals surface area contributed by atoms with Crippen molar-refractivity contribution < 1.29 is 21.6 Å².